The highest BCUT2D eigenvalue weighted by Gasteiger charge is 2.43. The molecule has 5 atom stereocenters. The molecule has 1 saturated heterocycles. The number of carboxylic acid groups (broad SMARTS) is 1. The van der Waals surface area contributed by atoms with Crippen molar-refractivity contribution in [3.63, 3.8) is 0 Å². The predicted molar refractivity (Wildman–Crippen MR) is 39.1 cm³/mol. The zero-order chi connectivity index (χ0) is 10.9. The molecule has 0 aromatic rings. The van der Waals surface area contributed by atoms with Crippen LogP contribution in [0.2, 0.25) is 0 Å². The highest BCUT2D eigenvalue weighted by molar-refractivity contribution is 5.73. The summed E-state index contributed by atoms with van der Waals surface area (Å²) in [6, 6.07) is 0. The molecule has 3 N–H and O–H groups in total. The van der Waals surface area contributed by atoms with Crippen LogP contribution in [0.15, 0.2) is 0 Å². The summed E-state index contributed by atoms with van der Waals surface area (Å²) in [4.78, 5) is 10.5. The van der Waals surface area contributed by atoms with Gasteiger partial charge in [0.2, 0.25) is 0 Å². The Morgan fingerprint density at radius 3 is 2.43 bits per heavy atom. The van der Waals surface area contributed by atoms with Gasteiger partial charge >= 0.3 is 5.97 Å². The van der Waals surface area contributed by atoms with Crippen molar-refractivity contribution >= 4 is 5.97 Å². The van der Waals surface area contributed by atoms with Crippen LogP contribution < -0.4 is 5.11 Å². The minimum atomic E-state index is -1.82. The van der Waals surface area contributed by atoms with E-state index in [1.54, 1.807) is 0 Å². The first-order valence-electron chi connectivity index (χ1n) is 3.92. The van der Waals surface area contributed by atoms with E-state index in [0.717, 1.165) is 7.11 Å². The van der Waals surface area contributed by atoms with Crippen molar-refractivity contribution in [2.45, 2.75) is 30.7 Å². The van der Waals surface area contributed by atoms with Gasteiger partial charge in [-0.25, -0.2) is 4.79 Å². The smallest absolute Gasteiger partial charge is 0.335 e. The van der Waals surface area contributed by atoms with Crippen LogP contribution in [0.4, 0.5) is 0 Å². The van der Waals surface area contributed by atoms with E-state index in [0.29, 0.717) is 0 Å². The summed E-state index contributed by atoms with van der Waals surface area (Å²) < 4.78 is 9.02. The third-order valence-electron chi connectivity index (χ3n) is 2.06. The Morgan fingerprint density at radius 2 is 2.00 bits per heavy atom. The molecule has 0 saturated carbocycles. The molecule has 1 rings (SSSR count). The minimum absolute atomic E-state index is 1.16. The Bertz CT molecular complexity index is 218. The maximum atomic E-state index is 11.1. The number of ether oxygens (including phenoxy) is 2. The second kappa shape index (κ2) is 4.20. The first kappa shape index (κ1) is 11.3. The molecule has 0 aromatic carbocycles. The summed E-state index contributed by atoms with van der Waals surface area (Å²) in [6.45, 7) is 0. The molecule has 7 nitrogen and oxygen atoms in total. The summed E-state index contributed by atoms with van der Waals surface area (Å²) >= 11 is 0. The molecule has 0 amide bonds. The van der Waals surface area contributed by atoms with Gasteiger partial charge in [-0.15, -0.1) is 0 Å². The second-order valence-electron chi connectivity index (χ2n) is 2.94. The Balaban J connectivity index is 2.77. The summed E-state index contributed by atoms with van der Waals surface area (Å²) in [7, 11) is 1.16. The van der Waals surface area contributed by atoms with Crippen molar-refractivity contribution in [1.29, 1.82) is 0 Å². The van der Waals surface area contributed by atoms with Crippen molar-refractivity contribution in [3.05, 3.63) is 0 Å². The average Bonchev–Trinajstić information content (AvgIpc) is 2.12. The van der Waals surface area contributed by atoms with Gasteiger partial charge in [0.15, 0.2) is 6.10 Å². The van der Waals surface area contributed by atoms with Crippen LogP contribution in [0.25, 0.3) is 0 Å². The van der Waals surface area contributed by atoms with Gasteiger partial charge in [0, 0.05) is 13.4 Å². The first-order chi connectivity index (χ1) is 6.49. The van der Waals surface area contributed by atoms with Gasteiger partial charge in [0.05, 0.1) is 6.10 Å². The number of methoxy groups -OCH3 is 1. The molecule has 0 radical (unpaired) electrons. The van der Waals surface area contributed by atoms with E-state index in [2.05, 4.69) is 9.47 Å². The number of hydrogen-bond donors (Lipinski definition) is 3. The van der Waals surface area contributed by atoms with Crippen molar-refractivity contribution in [3.8, 4) is 0 Å². The van der Waals surface area contributed by atoms with E-state index in [9.17, 15) is 20.1 Å². The second-order valence-corrected chi connectivity index (χ2v) is 2.94. The van der Waals surface area contributed by atoms with Crippen LogP contribution in [-0.4, -0.2) is 59.1 Å². The largest absolute Gasteiger partial charge is 0.829 e. The Morgan fingerprint density at radius 1 is 1.43 bits per heavy atom. The van der Waals surface area contributed by atoms with E-state index in [1.165, 1.54) is 0 Å². The van der Waals surface area contributed by atoms with Crippen molar-refractivity contribution in [2.24, 2.45) is 0 Å². The van der Waals surface area contributed by atoms with Gasteiger partial charge in [-0.1, -0.05) is 0 Å². The van der Waals surface area contributed by atoms with E-state index in [1.807, 2.05) is 0 Å². The average molecular weight is 207 g/mol. The third-order valence-corrected chi connectivity index (χ3v) is 2.06. The van der Waals surface area contributed by atoms with Gasteiger partial charge in [0.1, 0.15) is 12.2 Å². The summed E-state index contributed by atoms with van der Waals surface area (Å²) in [6.07, 6.45) is -8.01. The highest BCUT2D eigenvalue weighted by atomic mass is 16.7. The van der Waals surface area contributed by atoms with Gasteiger partial charge < -0.3 is 29.9 Å². The maximum Gasteiger partial charge on any atom is 0.335 e. The quantitative estimate of drug-likeness (QED) is 0.438. The predicted octanol–water partition coefficient (Wildman–Crippen LogP) is -3.11. The normalized spacial score (nSPS) is 43.6. The Kier molecular flexibility index (Phi) is 3.40. The number of aliphatic carboxylic acids is 1. The molecular formula is C7H11O7-. The highest BCUT2D eigenvalue weighted by Crippen LogP contribution is 2.20. The molecule has 0 bridgehead atoms. The van der Waals surface area contributed by atoms with E-state index < -0.39 is 36.7 Å². The van der Waals surface area contributed by atoms with E-state index >= 15 is 0 Å². The Labute approximate surface area is 79.5 Å². The lowest BCUT2D eigenvalue weighted by molar-refractivity contribution is -0.530. The fourth-order valence-electron chi connectivity index (χ4n) is 1.29. The number of aliphatic hydroxyl groups excluding tert-OH is 2. The summed E-state index contributed by atoms with van der Waals surface area (Å²) in [5.41, 5.74) is 0. The number of carbonyl (C=O) groups is 1. The zero-order valence-electron chi connectivity index (χ0n) is 7.36. The van der Waals surface area contributed by atoms with Crippen LogP contribution in [0, 0.1) is 0 Å². The summed E-state index contributed by atoms with van der Waals surface area (Å²) in [5, 5.41) is 38.2. The van der Waals surface area contributed by atoms with E-state index in [4.69, 9.17) is 5.11 Å². The standard InChI is InChI=1S/C7H11O7/c1-13-5-3(9)2(8)4(6(10)11)14-7(5)12/h2-5,7-9H,1H3,(H,10,11)/q-1/t2-,3-,4+,5+,7?/m1/s1. The van der Waals surface area contributed by atoms with Crippen LogP contribution in [0.5, 0.6) is 0 Å². The molecule has 1 unspecified atom stereocenters. The van der Waals surface area contributed by atoms with Crippen molar-refractivity contribution in [1.82, 2.24) is 0 Å². The molecule has 1 aliphatic heterocycles. The number of rotatable bonds is 2. The van der Waals surface area contributed by atoms with Crippen molar-refractivity contribution < 1.29 is 34.7 Å². The molecule has 7 heteroatoms. The zero-order valence-corrected chi connectivity index (χ0v) is 7.36. The maximum absolute atomic E-state index is 11.1. The summed E-state index contributed by atoms with van der Waals surface area (Å²) in [5.74, 6) is -1.49. The molecule has 0 aromatic heterocycles. The molecule has 0 spiro atoms. The first-order valence-corrected chi connectivity index (χ1v) is 3.92. The van der Waals surface area contributed by atoms with E-state index in [-0.39, 0.29) is 0 Å². The molecule has 1 aliphatic rings. The molecule has 1 fully saturated rings. The van der Waals surface area contributed by atoms with Crippen molar-refractivity contribution in [2.75, 3.05) is 7.11 Å². The minimum Gasteiger partial charge on any atom is -0.829 e. The van der Waals surface area contributed by atoms with Crippen LogP contribution in [-0.2, 0) is 14.3 Å². The van der Waals surface area contributed by atoms with Gasteiger partial charge in [-0.05, 0) is 0 Å². The lowest BCUT2D eigenvalue weighted by Crippen LogP contribution is -2.63. The third kappa shape index (κ3) is 1.86. The molecule has 82 valence electrons. The molecule has 0 aliphatic carbocycles. The lowest BCUT2D eigenvalue weighted by Gasteiger charge is -2.43. The SMILES string of the molecule is CO[C@@H]1C([O-])O[C@H](C(=O)O)[C@H](O)[C@H]1O. The van der Waals surface area contributed by atoms with Gasteiger partial charge in [-0.2, -0.15) is 0 Å². The fourth-order valence-corrected chi connectivity index (χ4v) is 1.29. The monoisotopic (exact) mass is 207 g/mol. The molecular weight excluding hydrogens is 196 g/mol. The number of aliphatic hydroxyl groups is 2. The van der Waals surface area contributed by atoms with Crippen LogP contribution in [0.1, 0.15) is 0 Å². The number of hydrogen-bond acceptors (Lipinski definition) is 6. The number of carboxylic acids is 1. The Hall–Kier alpha value is -0.730. The van der Waals surface area contributed by atoms with Gasteiger partial charge in [-0.3, -0.25) is 0 Å². The van der Waals surface area contributed by atoms with Crippen LogP contribution >= 0.6 is 0 Å². The van der Waals surface area contributed by atoms with Crippen LogP contribution in [0.3, 0.4) is 0 Å². The molecule has 14 heavy (non-hydrogen) atoms. The molecule has 1 heterocycles. The fraction of sp³-hybridized carbons (Fsp3) is 0.857. The van der Waals surface area contributed by atoms with Gasteiger partial charge in [0.25, 0.3) is 0 Å². The topological polar surface area (TPSA) is 119 Å². The lowest BCUT2D eigenvalue weighted by atomic mass is 9.99.